The van der Waals surface area contributed by atoms with Crippen LogP contribution in [0.2, 0.25) is 0 Å². The zero-order valence-electron chi connectivity index (χ0n) is 7.81. The molecule has 0 radical (unpaired) electrons. The molecule has 0 aliphatic heterocycles. The molecule has 8 heteroatoms. The summed E-state index contributed by atoms with van der Waals surface area (Å²) in [6.07, 6.45) is 2.37. The fourth-order valence-electron chi connectivity index (χ4n) is 0.824. The maximum absolute atomic E-state index is 11.1. The van der Waals surface area contributed by atoms with Gasteiger partial charge in [0.25, 0.3) is 5.56 Å². The van der Waals surface area contributed by atoms with E-state index < -0.39 is 23.1 Å². The van der Waals surface area contributed by atoms with Crippen molar-refractivity contribution in [3.8, 4) is 0 Å². The van der Waals surface area contributed by atoms with Crippen LogP contribution in [0.5, 0.6) is 0 Å². The van der Waals surface area contributed by atoms with E-state index in [-0.39, 0.29) is 5.69 Å². The highest BCUT2D eigenvalue weighted by Crippen LogP contribution is 1.92. The van der Waals surface area contributed by atoms with Crippen molar-refractivity contribution in [2.75, 3.05) is 5.32 Å². The summed E-state index contributed by atoms with van der Waals surface area (Å²) in [6.45, 7) is 0. The van der Waals surface area contributed by atoms with E-state index in [1.807, 2.05) is 4.98 Å². The van der Waals surface area contributed by atoms with Crippen LogP contribution in [0, 0.1) is 0 Å². The first kappa shape index (κ1) is 11.4. The summed E-state index contributed by atoms with van der Waals surface area (Å²) in [5.74, 6) is -2.08. The van der Waals surface area contributed by atoms with Crippen molar-refractivity contribution >= 4 is 17.6 Å². The van der Waals surface area contributed by atoms with Gasteiger partial charge in [0.1, 0.15) is 5.69 Å². The van der Waals surface area contributed by atoms with E-state index in [1.54, 1.807) is 0 Å². The van der Waals surface area contributed by atoms with Crippen molar-refractivity contribution in [2.24, 2.45) is 0 Å². The van der Waals surface area contributed by atoms with Crippen molar-refractivity contribution in [1.29, 1.82) is 0 Å². The molecule has 0 saturated carbocycles. The van der Waals surface area contributed by atoms with Gasteiger partial charge in [0.15, 0.2) is 0 Å². The Morgan fingerprint density at radius 3 is 2.56 bits per heavy atom. The van der Waals surface area contributed by atoms with Gasteiger partial charge in [-0.05, 0) is 0 Å². The number of H-pyrrole nitrogens is 2. The number of nitrogens with one attached hydrogen (secondary N) is 3. The second-order valence-corrected chi connectivity index (χ2v) is 2.65. The van der Waals surface area contributed by atoms with Gasteiger partial charge in [0.2, 0.25) is 5.91 Å². The largest absolute Gasteiger partial charge is 0.478 e. The van der Waals surface area contributed by atoms with E-state index in [9.17, 15) is 19.2 Å². The minimum Gasteiger partial charge on any atom is -0.478 e. The van der Waals surface area contributed by atoms with Crippen LogP contribution in [0.3, 0.4) is 0 Å². The lowest BCUT2D eigenvalue weighted by atomic mass is 10.4. The normalized spacial score (nSPS) is 10.2. The van der Waals surface area contributed by atoms with Crippen molar-refractivity contribution in [2.45, 2.75) is 0 Å². The molecule has 0 atom stereocenters. The molecule has 1 aromatic rings. The molecule has 4 N–H and O–H groups in total. The second-order valence-electron chi connectivity index (χ2n) is 2.65. The first-order valence-electron chi connectivity index (χ1n) is 4.03. The molecule has 1 rings (SSSR count). The molecule has 1 heterocycles. The van der Waals surface area contributed by atoms with Crippen LogP contribution in [-0.4, -0.2) is 27.0 Å². The van der Waals surface area contributed by atoms with Crippen molar-refractivity contribution in [3.63, 3.8) is 0 Å². The maximum Gasteiger partial charge on any atom is 0.328 e. The van der Waals surface area contributed by atoms with Crippen molar-refractivity contribution in [1.82, 2.24) is 9.97 Å². The zero-order valence-corrected chi connectivity index (χ0v) is 7.81. The Balaban J connectivity index is 2.82. The molecule has 0 aliphatic carbocycles. The molecule has 0 aromatic carbocycles. The lowest BCUT2D eigenvalue weighted by molar-refractivity contribution is -0.131. The van der Waals surface area contributed by atoms with Gasteiger partial charge >= 0.3 is 11.7 Å². The van der Waals surface area contributed by atoms with Gasteiger partial charge in [-0.3, -0.25) is 14.6 Å². The number of carboxylic acid groups (broad SMARTS) is 1. The Labute approximate surface area is 87.6 Å². The van der Waals surface area contributed by atoms with Gasteiger partial charge in [0, 0.05) is 18.3 Å². The number of hydrogen-bond acceptors (Lipinski definition) is 4. The van der Waals surface area contributed by atoms with Crippen LogP contribution >= 0.6 is 0 Å². The van der Waals surface area contributed by atoms with E-state index in [1.165, 1.54) is 0 Å². The minimum atomic E-state index is -1.29. The summed E-state index contributed by atoms with van der Waals surface area (Å²) in [5, 5.41) is 10.3. The summed E-state index contributed by atoms with van der Waals surface area (Å²) < 4.78 is 0. The standard InChI is InChI=1S/C8H7N3O5/c12-5(1-2-6(13)14)10-4-3-9-8(16)11-7(4)15/h1-3H,(H,10,12)(H,13,14)(H2,9,11,15,16)/b2-1+. The predicted molar refractivity (Wildman–Crippen MR) is 53.1 cm³/mol. The maximum atomic E-state index is 11.1. The Morgan fingerprint density at radius 1 is 1.31 bits per heavy atom. The molecule has 1 amide bonds. The molecule has 0 saturated heterocycles. The minimum absolute atomic E-state index is 0.181. The molecule has 16 heavy (non-hydrogen) atoms. The number of carbonyl (C=O) groups is 2. The summed E-state index contributed by atoms with van der Waals surface area (Å²) in [5.41, 5.74) is -1.66. The van der Waals surface area contributed by atoms with E-state index in [0.717, 1.165) is 12.3 Å². The fourth-order valence-corrected chi connectivity index (χ4v) is 0.824. The van der Waals surface area contributed by atoms with Crippen molar-refractivity contribution < 1.29 is 14.7 Å². The molecule has 8 nitrogen and oxygen atoms in total. The number of hydrogen-bond donors (Lipinski definition) is 4. The van der Waals surface area contributed by atoms with Gasteiger partial charge < -0.3 is 15.4 Å². The highest BCUT2D eigenvalue weighted by molar-refractivity contribution is 6.02. The third-order valence-corrected chi connectivity index (χ3v) is 1.45. The summed E-state index contributed by atoms with van der Waals surface area (Å²) in [4.78, 5) is 46.9. The molecule has 0 fully saturated rings. The third-order valence-electron chi connectivity index (χ3n) is 1.45. The molecule has 0 aliphatic rings. The van der Waals surface area contributed by atoms with Gasteiger partial charge in [-0.2, -0.15) is 0 Å². The van der Waals surface area contributed by atoms with Gasteiger partial charge in [-0.25, -0.2) is 9.59 Å². The molecular weight excluding hydrogens is 218 g/mol. The van der Waals surface area contributed by atoms with E-state index in [0.29, 0.717) is 6.08 Å². The Hall–Kier alpha value is -2.64. The number of carboxylic acids is 1. The van der Waals surface area contributed by atoms with Gasteiger partial charge in [-0.1, -0.05) is 0 Å². The number of aromatic nitrogens is 2. The number of rotatable bonds is 3. The van der Waals surface area contributed by atoms with Crippen molar-refractivity contribution in [3.05, 3.63) is 39.2 Å². The molecule has 0 spiro atoms. The van der Waals surface area contributed by atoms with Crippen LogP contribution in [0.1, 0.15) is 0 Å². The van der Waals surface area contributed by atoms with Crippen LogP contribution in [-0.2, 0) is 9.59 Å². The fraction of sp³-hybridized carbons (Fsp3) is 0. The monoisotopic (exact) mass is 225 g/mol. The highest BCUT2D eigenvalue weighted by atomic mass is 16.4. The molecule has 1 aromatic heterocycles. The summed E-state index contributed by atoms with van der Waals surface area (Å²) >= 11 is 0. The third kappa shape index (κ3) is 3.25. The second kappa shape index (κ2) is 4.73. The Kier molecular flexibility index (Phi) is 3.38. The Bertz CT molecular complexity index is 553. The number of anilines is 1. The van der Waals surface area contributed by atoms with E-state index in [2.05, 4.69) is 10.3 Å². The van der Waals surface area contributed by atoms with E-state index in [4.69, 9.17) is 5.11 Å². The molecule has 0 bridgehead atoms. The van der Waals surface area contributed by atoms with Crippen LogP contribution in [0.15, 0.2) is 27.9 Å². The van der Waals surface area contributed by atoms with Crippen LogP contribution < -0.4 is 16.6 Å². The van der Waals surface area contributed by atoms with Crippen LogP contribution in [0.25, 0.3) is 0 Å². The lowest BCUT2D eigenvalue weighted by Crippen LogP contribution is -2.25. The number of aliphatic carboxylic acids is 1. The predicted octanol–water partition coefficient (Wildman–Crippen LogP) is -1.36. The molecular formula is C8H7N3O5. The van der Waals surface area contributed by atoms with Gasteiger partial charge in [0.05, 0.1) is 0 Å². The molecule has 84 valence electrons. The Morgan fingerprint density at radius 2 is 2.00 bits per heavy atom. The summed E-state index contributed by atoms with van der Waals surface area (Å²) in [6, 6.07) is 0. The quantitative estimate of drug-likeness (QED) is 0.472. The number of amides is 1. The lowest BCUT2D eigenvalue weighted by Gasteiger charge is -1.98. The van der Waals surface area contributed by atoms with E-state index >= 15 is 0 Å². The zero-order chi connectivity index (χ0) is 12.1. The highest BCUT2D eigenvalue weighted by Gasteiger charge is 2.03. The van der Waals surface area contributed by atoms with Gasteiger partial charge in [-0.15, -0.1) is 0 Å². The first-order valence-corrected chi connectivity index (χ1v) is 4.03. The average molecular weight is 225 g/mol. The number of aromatic amines is 2. The number of carbonyl (C=O) groups excluding carboxylic acids is 1. The first-order chi connectivity index (χ1) is 7.49. The molecule has 0 unspecified atom stereocenters. The smallest absolute Gasteiger partial charge is 0.328 e. The topological polar surface area (TPSA) is 132 Å². The van der Waals surface area contributed by atoms with Crippen LogP contribution in [0.4, 0.5) is 5.69 Å². The summed E-state index contributed by atoms with van der Waals surface area (Å²) in [7, 11) is 0. The SMILES string of the molecule is O=C(O)/C=C/C(=O)Nc1c[nH]c(=O)[nH]c1=O. The average Bonchev–Trinajstić information content (AvgIpc) is 2.19.